The average molecular weight is 338 g/mol. The van der Waals surface area contributed by atoms with E-state index in [1.54, 1.807) is 0 Å². The fraction of sp³-hybridized carbons (Fsp3) is 0.188. The van der Waals surface area contributed by atoms with Crippen molar-refractivity contribution in [3.8, 4) is 0 Å². The third kappa shape index (κ3) is 4.87. The van der Waals surface area contributed by atoms with Gasteiger partial charge in [-0.15, -0.1) is 19.7 Å². The van der Waals surface area contributed by atoms with Gasteiger partial charge in [0.15, 0.2) is 0 Å². The van der Waals surface area contributed by atoms with Crippen LogP contribution in [0.3, 0.4) is 0 Å². The van der Waals surface area contributed by atoms with Crippen molar-refractivity contribution in [3.05, 3.63) is 67.5 Å². The Kier molecular flexibility index (Phi) is 6.87. The van der Waals surface area contributed by atoms with Crippen LogP contribution in [-0.4, -0.2) is 38.9 Å². The number of nitrogens with one attached hydrogen (secondary N) is 1. The number of carbonyl (C=O) groups excluding carboxylic acids is 1. The Morgan fingerprint density at radius 3 is 2.30 bits per heavy atom. The summed E-state index contributed by atoms with van der Waals surface area (Å²) in [6.07, 6.45) is 4.41. The predicted octanol–water partition coefficient (Wildman–Crippen LogP) is 2.10. The first-order valence-corrected chi connectivity index (χ1v) is 8.26. The number of halogens is 1. The van der Waals surface area contributed by atoms with Gasteiger partial charge in [0, 0.05) is 25.2 Å². The zero-order valence-corrected chi connectivity index (χ0v) is 13.5. The third-order valence-corrected chi connectivity index (χ3v) is 4.31. The quantitative estimate of drug-likeness (QED) is 0.701. The molecule has 1 rings (SSSR count). The normalized spacial score (nSPS) is 10.8. The second-order valence-corrected chi connectivity index (χ2v) is 6.31. The standard InChI is InChI=1S/C16H19FN2O3S/c1-4-9-18-23(21,22)15-12-13(7-8-14(15)17)16(20)19(10-5-2)11-6-3/h4-8,12,18H,1-3,9-11H2. The molecule has 23 heavy (non-hydrogen) atoms. The van der Waals surface area contributed by atoms with Crippen LogP contribution in [0, 0.1) is 5.82 Å². The van der Waals surface area contributed by atoms with Crippen molar-refractivity contribution in [1.29, 1.82) is 0 Å². The molecule has 0 atom stereocenters. The molecule has 124 valence electrons. The van der Waals surface area contributed by atoms with Gasteiger partial charge in [-0.3, -0.25) is 4.79 Å². The van der Waals surface area contributed by atoms with Crippen LogP contribution in [0.1, 0.15) is 10.4 Å². The maximum absolute atomic E-state index is 13.9. The molecule has 0 spiro atoms. The molecule has 1 aromatic carbocycles. The Morgan fingerprint density at radius 2 is 1.78 bits per heavy atom. The van der Waals surface area contributed by atoms with Crippen molar-refractivity contribution in [2.75, 3.05) is 19.6 Å². The number of hydrogen-bond donors (Lipinski definition) is 1. The molecule has 0 aromatic heterocycles. The zero-order chi connectivity index (χ0) is 17.5. The highest BCUT2D eigenvalue weighted by atomic mass is 32.2. The van der Waals surface area contributed by atoms with Gasteiger partial charge in [0.25, 0.3) is 5.91 Å². The molecule has 0 saturated heterocycles. The van der Waals surface area contributed by atoms with Gasteiger partial charge < -0.3 is 4.90 Å². The van der Waals surface area contributed by atoms with E-state index in [0.717, 1.165) is 12.1 Å². The van der Waals surface area contributed by atoms with E-state index in [4.69, 9.17) is 0 Å². The summed E-state index contributed by atoms with van der Waals surface area (Å²) in [4.78, 5) is 13.2. The Labute approximate surface area is 135 Å². The summed E-state index contributed by atoms with van der Waals surface area (Å²) in [7, 11) is -4.07. The van der Waals surface area contributed by atoms with E-state index in [1.165, 1.54) is 29.2 Å². The van der Waals surface area contributed by atoms with E-state index in [1.807, 2.05) is 0 Å². The molecule has 0 unspecified atom stereocenters. The lowest BCUT2D eigenvalue weighted by molar-refractivity contribution is 0.0790. The van der Waals surface area contributed by atoms with Crippen LogP contribution in [-0.2, 0) is 10.0 Å². The number of nitrogens with zero attached hydrogens (tertiary/aromatic N) is 1. The molecule has 0 heterocycles. The molecular weight excluding hydrogens is 319 g/mol. The minimum Gasteiger partial charge on any atom is -0.331 e. The molecule has 0 aliphatic heterocycles. The van der Waals surface area contributed by atoms with Crippen molar-refractivity contribution in [1.82, 2.24) is 9.62 Å². The largest absolute Gasteiger partial charge is 0.331 e. The van der Waals surface area contributed by atoms with Gasteiger partial charge in [-0.1, -0.05) is 18.2 Å². The van der Waals surface area contributed by atoms with E-state index in [0.29, 0.717) is 0 Å². The maximum atomic E-state index is 13.9. The summed E-state index contributed by atoms with van der Waals surface area (Å²) >= 11 is 0. The van der Waals surface area contributed by atoms with Crippen molar-refractivity contribution < 1.29 is 17.6 Å². The summed E-state index contributed by atoms with van der Waals surface area (Å²) in [5, 5.41) is 0. The summed E-state index contributed by atoms with van der Waals surface area (Å²) in [6, 6.07) is 3.21. The molecule has 0 fully saturated rings. The van der Waals surface area contributed by atoms with Crippen LogP contribution < -0.4 is 4.72 Å². The molecule has 7 heteroatoms. The lowest BCUT2D eigenvalue weighted by Gasteiger charge is -2.19. The minimum atomic E-state index is -4.07. The van der Waals surface area contributed by atoms with Crippen molar-refractivity contribution >= 4 is 15.9 Å². The van der Waals surface area contributed by atoms with E-state index in [-0.39, 0.29) is 25.2 Å². The topological polar surface area (TPSA) is 66.5 Å². The monoisotopic (exact) mass is 338 g/mol. The van der Waals surface area contributed by atoms with Crippen LogP contribution in [0.2, 0.25) is 0 Å². The second-order valence-electron chi connectivity index (χ2n) is 4.57. The fourth-order valence-electron chi connectivity index (χ4n) is 1.82. The Morgan fingerprint density at radius 1 is 1.17 bits per heavy atom. The highest BCUT2D eigenvalue weighted by Crippen LogP contribution is 2.17. The van der Waals surface area contributed by atoms with Gasteiger partial charge in [-0.2, -0.15) is 0 Å². The summed E-state index contributed by atoms with van der Waals surface area (Å²) in [6.45, 7) is 11.0. The Bertz CT molecular complexity index is 704. The number of carbonyl (C=O) groups is 1. The molecule has 1 amide bonds. The maximum Gasteiger partial charge on any atom is 0.254 e. The van der Waals surface area contributed by atoms with Crippen molar-refractivity contribution in [2.45, 2.75) is 4.90 Å². The van der Waals surface area contributed by atoms with Gasteiger partial charge in [-0.05, 0) is 18.2 Å². The summed E-state index contributed by atoms with van der Waals surface area (Å²) in [5.74, 6) is -1.37. The van der Waals surface area contributed by atoms with E-state index < -0.39 is 26.6 Å². The highest BCUT2D eigenvalue weighted by Gasteiger charge is 2.22. The van der Waals surface area contributed by atoms with Gasteiger partial charge >= 0.3 is 0 Å². The second kappa shape index (κ2) is 8.40. The lowest BCUT2D eigenvalue weighted by atomic mass is 10.2. The van der Waals surface area contributed by atoms with Crippen LogP contribution in [0.5, 0.6) is 0 Å². The molecule has 0 saturated carbocycles. The SMILES string of the molecule is C=CCNS(=O)(=O)c1cc(C(=O)N(CC=C)CC=C)ccc1F. The third-order valence-electron chi connectivity index (χ3n) is 2.87. The summed E-state index contributed by atoms with van der Waals surface area (Å²) in [5.41, 5.74) is 0.0640. The number of amides is 1. The fourth-order valence-corrected chi connectivity index (χ4v) is 2.92. The average Bonchev–Trinajstić information content (AvgIpc) is 2.52. The highest BCUT2D eigenvalue weighted by molar-refractivity contribution is 7.89. The van der Waals surface area contributed by atoms with Gasteiger partial charge in [0.05, 0.1) is 0 Å². The lowest BCUT2D eigenvalue weighted by Crippen LogP contribution is -2.32. The van der Waals surface area contributed by atoms with E-state index >= 15 is 0 Å². The van der Waals surface area contributed by atoms with E-state index in [2.05, 4.69) is 24.5 Å². The molecule has 5 nitrogen and oxygen atoms in total. The molecule has 1 N–H and O–H groups in total. The van der Waals surface area contributed by atoms with Crippen LogP contribution in [0.15, 0.2) is 61.1 Å². The van der Waals surface area contributed by atoms with Crippen molar-refractivity contribution in [3.63, 3.8) is 0 Å². The van der Waals surface area contributed by atoms with E-state index in [9.17, 15) is 17.6 Å². The predicted molar refractivity (Wildman–Crippen MR) is 88.1 cm³/mol. The molecule has 1 aromatic rings. The number of sulfonamides is 1. The van der Waals surface area contributed by atoms with Gasteiger partial charge in [0.2, 0.25) is 10.0 Å². The Balaban J connectivity index is 3.22. The Hall–Kier alpha value is -2.25. The minimum absolute atomic E-state index is 0.0427. The molecule has 0 radical (unpaired) electrons. The van der Waals surface area contributed by atoms with Gasteiger partial charge in [0.1, 0.15) is 10.7 Å². The van der Waals surface area contributed by atoms with Crippen LogP contribution in [0.25, 0.3) is 0 Å². The number of hydrogen-bond acceptors (Lipinski definition) is 3. The molecule has 0 aliphatic rings. The first-order chi connectivity index (χ1) is 10.9. The first kappa shape index (κ1) is 18.8. The number of benzene rings is 1. The molecule has 0 bridgehead atoms. The van der Waals surface area contributed by atoms with Crippen LogP contribution >= 0.6 is 0 Å². The van der Waals surface area contributed by atoms with Gasteiger partial charge in [-0.25, -0.2) is 17.5 Å². The molecule has 0 aliphatic carbocycles. The number of rotatable bonds is 9. The first-order valence-electron chi connectivity index (χ1n) is 6.78. The smallest absolute Gasteiger partial charge is 0.254 e. The molecular formula is C16H19FN2O3S. The summed E-state index contributed by atoms with van der Waals surface area (Å²) < 4.78 is 40.1. The zero-order valence-electron chi connectivity index (χ0n) is 12.7. The van der Waals surface area contributed by atoms with Crippen molar-refractivity contribution in [2.24, 2.45) is 0 Å². The van der Waals surface area contributed by atoms with Crippen LogP contribution in [0.4, 0.5) is 4.39 Å².